The maximum absolute atomic E-state index is 5.80. The van der Waals surface area contributed by atoms with Crippen molar-refractivity contribution in [1.82, 2.24) is 4.90 Å². The number of hydrogen-bond donors (Lipinski definition) is 0. The smallest absolute Gasteiger partial charge is 0.0593 e. The third-order valence-electron chi connectivity index (χ3n) is 2.94. The van der Waals surface area contributed by atoms with Crippen molar-refractivity contribution in [2.75, 3.05) is 33.9 Å². The molecule has 0 aromatic heterocycles. The lowest BCUT2D eigenvalue weighted by Gasteiger charge is -2.34. The van der Waals surface area contributed by atoms with E-state index in [1.54, 1.807) is 0 Å². The molecule has 0 spiro atoms. The molecule has 16 heavy (non-hydrogen) atoms. The highest BCUT2D eigenvalue weighted by molar-refractivity contribution is 4.79. The fourth-order valence-corrected chi connectivity index (χ4v) is 2.12. The second-order valence-corrected chi connectivity index (χ2v) is 6.76. The van der Waals surface area contributed by atoms with Gasteiger partial charge in [0.1, 0.15) is 0 Å². The van der Waals surface area contributed by atoms with Gasteiger partial charge in [-0.25, -0.2) is 0 Å². The van der Waals surface area contributed by atoms with Gasteiger partial charge in [0.25, 0.3) is 0 Å². The van der Waals surface area contributed by atoms with E-state index >= 15 is 0 Å². The summed E-state index contributed by atoms with van der Waals surface area (Å²) >= 11 is 0. The standard InChI is InChI=1S/C14H31NO/c1-8-14(5,11-13(2,3)4)12-16-10-9-15(6)7/h8-12H2,1-7H3. The number of rotatable bonds is 7. The molecule has 0 bridgehead atoms. The number of nitrogens with zero attached hydrogens (tertiary/aromatic N) is 1. The SMILES string of the molecule is CCC(C)(COCCN(C)C)CC(C)(C)C. The predicted molar refractivity (Wildman–Crippen MR) is 71.8 cm³/mol. The summed E-state index contributed by atoms with van der Waals surface area (Å²) in [6.07, 6.45) is 2.41. The number of likely N-dealkylation sites (N-methyl/N-ethyl adjacent to an activating group) is 1. The van der Waals surface area contributed by atoms with E-state index in [4.69, 9.17) is 4.74 Å². The van der Waals surface area contributed by atoms with Crippen LogP contribution >= 0.6 is 0 Å². The molecule has 0 aromatic carbocycles. The zero-order chi connectivity index (χ0) is 12.8. The van der Waals surface area contributed by atoms with Gasteiger partial charge in [-0.15, -0.1) is 0 Å². The second kappa shape index (κ2) is 6.61. The Labute approximate surface area is 102 Å². The molecule has 0 rings (SSSR count). The van der Waals surface area contributed by atoms with Gasteiger partial charge in [0, 0.05) is 6.54 Å². The van der Waals surface area contributed by atoms with Crippen molar-refractivity contribution >= 4 is 0 Å². The van der Waals surface area contributed by atoms with E-state index in [2.05, 4.69) is 53.6 Å². The normalized spacial score (nSPS) is 16.5. The lowest BCUT2D eigenvalue weighted by Crippen LogP contribution is -2.29. The van der Waals surface area contributed by atoms with E-state index in [1.165, 1.54) is 12.8 Å². The minimum Gasteiger partial charge on any atom is -0.380 e. The highest BCUT2D eigenvalue weighted by Gasteiger charge is 2.28. The van der Waals surface area contributed by atoms with Crippen molar-refractivity contribution < 1.29 is 4.74 Å². The molecule has 0 aliphatic carbocycles. The minimum atomic E-state index is 0.324. The molecule has 0 aliphatic heterocycles. The monoisotopic (exact) mass is 229 g/mol. The van der Waals surface area contributed by atoms with Gasteiger partial charge < -0.3 is 9.64 Å². The summed E-state index contributed by atoms with van der Waals surface area (Å²) in [6.45, 7) is 14.3. The molecule has 0 saturated heterocycles. The Hall–Kier alpha value is -0.0800. The molecular formula is C14H31NO. The molecule has 0 radical (unpaired) electrons. The van der Waals surface area contributed by atoms with Crippen LogP contribution in [0, 0.1) is 10.8 Å². The van der Waals surface area contributed by atoms with Crippen molar-refractivity contribution in [3.05, 3.63) is 0 Å². The molecule has 1 atom stereocenters. The highest BCUT2D eigenvalue weighted by atomic mass is 16.5. The molecule has 0 aromatic rings. The summed E-state index contributed by atoms with van der Waals surface area (Å²) in [5, 5.41) is 0. The van der Waals surface area contributed by atoms with Crippen LogP contribution in [0.5, 0.6) is 0 Å². The summed E-state index contributed by atoms with van der Waals surface area (Å²) in [5.41, 5.74) is 0.709. The fourth-order valence-electron chi connectivity index (χ4n) is 2.12. The Morgan fingerprint density at radius 2 is 1.62 bits per heavy atom. The molecule has 0 amide bonds. The van der Waals surface area contributed by atoms with Gasteiger partial charge in [-0.05, 0) is 37.8 Å². The first-order valence-corrected chi connectivity index (χ1v) is 6.41. The highest BCUT2D eigenvalue weighted by Crippen LogP contribution is 2.36. The third-order valence-corrected chi connectivity index (χ3v) is 2.94. The third kappa shape index (κ3) is 8.12. The maximum atomic E-state index is 5.80. The Kier molecular flexibility index (Phi) is 6.57. The molecule has 98 valence electrons. The van der Waals surface area contributed by atoms with Gasteiger partial charge in [-0.1, -0.05) is 34.6 Å². The van der Waals surface area contributed by atoms with Crippen LogP contribution in [0.15, 0.2) is 0 Å². The van der Waals surface area contributed by atoms with Crippen LogP contribution in [0.25, 0.3) is 0 Å². The van der Waals surface area contributed by atoms with Gasteiger partial charge in [-0.3, -0.25) is 0 Å². The molecule has 1 unspecified atom stereocenters. The van der Waals surface area contributed by atoms with Gasteiger partial charge in [0.2, 0.25) is 0 Å². The van der Waals surface area contributed by atoms with E-state index < -0.39 is 0 Å². The van der Waals surface area contributed by atoms with Crippen molar-refractivity contribution in [3.8, 4) is 0 Å². The van der Waals surface area contributed by atoms with Crippen LogP contribution in [-0.2, 0) is 4.74 Å². The maximum Gasteiger partial charge on any atom is 0.0593 e. The Morgan fingerprint density at radius 3 is 2.00 bits per heavy atom. The topological polar surface area (TPSA) is 12.5 Å². The van der Waals surface area contributed by atoms with Crippen LogP contribution in [0.2, 0.25) is 0 Å². The summed E-state index contributed by atoms with van der Waals surface area (Å²) in [7, 11) is 4.16. The summed E-state index contributed by atoms with van der Waals surface area (Å²) in [6, 6.07) is 0. The van der Waals surface area contributed by atoms with Gasteiger partial charge in [0.15, 0.2) is 0 Å². The average molecular weight is 229 g/mol. The Bertz CT molecular complexity index is 184. The van der Waals surface area contributed by atoms with Crippen molar-refractivity contribution in [2.24, 2.45) is 10.8 Å². The van der Waals surface area contributed by atoms with Gasteiger partial charge in [-0.2, -0.15) is 0 Å². The van der Waals surface area contributed by atoms with Crippen LogP contribution in [0.3, 0.4) is 0 Å². The molecule has 0 N–H and O–H groups in total. The zero-order valence-electron chi connectivity index (χ0n) is 12.4. The first-order valence-electron chi connectivity index (χ1n) is 6.41. The second-order valence-electron chi connectivity index (χ2n) is 6.76. The van der Waals surface area contributed by atoms with Crippen molar-refractivity contribution in [1.29, 1.82) is 0 Å². The van der Waals surface area contributed by atoms with Crippen LogP contribution in [0.4, 0.5) is 0 Å². The first kappa shape index (κ1) is 15.9. The number of ether oxygens (including phenoxy) is 1. The van der Waals surface area contributed by atoms with Gasteiger partial charge >= 0.3 is 0 Å². The Morgan fingerprint density at radius 1 is 1.06 bits per heavy atom. The minimum absolute atomic E-state index is 0.324. The van der Waals surface area contributed by atoms with Crippen LogP contribution < -0.4 is 0 Å². The van der Waals surface area contributed by atoms with Crippen molar-refractivity contribution in [2.45, 2.75) is 47.5 Å². The fraction of sp³-hybridized carbons (Fsp3) is 1.00. The molecule has 0 saturated carbocycles. The van der Waals surface area contributed by atoms with E-state index in [0.29, 0.717) is 10.8 Å². The quantitative estimate of drug-likeness (QED) is 0.620. The van der Waals surface area contributed by atoms with E-state index in [-0.39, 0.29) is 0 Å². The lowest BCUT2D eigenvalue weighted by molar-refractivity contribution is 0.0214. The molecule has 2 nitrogen and oxygen atoms in total. The first-order chi connectivity index (χ1) is 7.18. The molecular weight excluding hydrogens is 198 g/mol. The predicted octanol–water partition coefficient (Wildman–Crippen LogP) is 3.42. The van der Waals surface area contributed by atoms with E-state index in [0.717, 1.165) is 19.8 Å². The summed E-state index contributed by atoms with van der Waals surface area (Å²) < 4.78 is 5.80. The van der Waals surface area contributed by atoms with E-state index in [1.807, 2.05) is 0 Å². The summed E-state index contributed by atoms with van der Waals surface area (Å²) in [5.74, 6) is 0. The zero-order valence-corrected chi connectivity index (χ0v) is 12.4. The molecule has 0 heterocycles. The van der Waals surface area contributed by atoms with E-state index in [9.17, 15) is 0 Å². The van der Waals surface area contributed by atoms with Crippen molar-refractivity contribution in [3.63, 3.8) is 0 Å². The summed E-state index contributed by atoms with van der Waals surface area (Å²) in [4.78, 5) is 2.16. The average Bonchev–Trinajstić information content (AvgIpc) is 2.09. The van der Waals surface area contributed by atoms with Gasteiger partial charge in [0.05, 0.1) is 13.2 Å². The molecule has 2 heteroatoms. The Balaban J connectivity index is 3.97. The molecule has 0 aliphatic rings. The van der Waals surface area contributed by atoms with Crippen LogP contribution in [0.1, 0.15) is 47.5 Å². The molecule has 0 fully saturated rings. The number of hydrogen-bond acceptors (Lipinski definition) is 2. The largest absolute Gasteiger partial charge is 0.380 e. The van der Waals surface area contributed by atoms with Crippen LogP contribution in [-0.4, -0.2) is 38.8 Å². The lowest BCUT2D eigenvalue weighted by atomic mass is 9.74.